The van der Waals surface area contributed by atoms with Crippen LogP contribution in [0.25, 0.3) is 11.0 Å². The summed E-state index contributed by atoms with van der Waals surface area (Å²) in [6.45, 7) is 0. The highest BCUT2D eigenvalue weighted by molar-refractivity contribution is 7.94. The molecule has 3 rings (SSSR count). The molecule has 1 heterocycles. The zero-order valence-electron chi connectivity index (χ0n) is 14.3. The lowest BCUT2D eigenvalue weighted by molar-refractivity contribution is -0.432. The van der Waals surface area contributed by atoms with Crippen LogP contribution in [0.5, 0.6) is 0 Å². The molecule has 10 nitrogen and oxygen atoms in total. The Morgan fingerprint density at radius 1 is 1.21 bits per heavy atom. The normalized spacial score (nSPS) is 12.0. The first-order valence-electron chi connectivity index (χ1n) is 7.72. The van der Waals surface area contributed by atoms with E-state index < -0.39 is 17.8 Å². The van der Waals surface area contributed by atoms with E-state index in [1.54, 1.807) is 36.4 Å². The minimum atomic E-state index is -1.64. The van der Waals surface area contributed by atoms with Crippen LogP contribution in [-0.4, -0.2) is 31.8 Å². The Morgan fingerprint density at radius 3 is 2.72 bits per heavy atom. The zero-order chi connectivity index (χ0) is 20.6. The fourth-order valence-corrected chi connectivity index (χ4v) is 3.21. The van der Waals surface area contributed by atoms with Crippen LogP contribution < -0.4 is 0 Å². The van der Waals surface area contributed by atoms with Crippen molar-refractivity contribution in [3.63, 3.8) is 0 Å². The molecule has 1 atom stereocenters. The number of ketones is 1. The minimum absolute atomic E-state index is 0.151. The van der Waals surface area contributed by atoms with E-state index in [0.29, 0.717) is 28.0 Å². The first kappa shape index (κ1) is 20.5. The van der Waals surface area contributed by atoms with Crippen molar-refractivity contribution < 1.29 is 29.0 Å². The van der Waals surface area contributed by atoms with E-state index in [2.05, 4.69) is 33.1 Å². The molecule has 0 aliphatic rings. The molecule has 0 aliphatic carbocycles. The van der Waals surface area contributed by atoms with Gasteiger partial charge in [0.25, 0.3) is 0 Å². The SMILES string of the molecule is C#COC(=O)C(/N=N/c1c(SOOO)ccc2nsnc12)C(=O)c1ccccc1. The molecular weight excluding hydrogens is 420 g/mol. The number of benzene rings is 2. The second kappa shape index (κ2) is 9.82. The Hall–Kier alpha value is -3.21. The first-order chi connectivity index (χ1) is 14.2. The average molecular weight is 430 g/mol. The van der Waals surface area contributed by atoms with Crippen molar-refractivity contribution >= 4 is 52.2 Å². The molecular formula is C17H10N4O6S2. The predicted octanol–water partition coefficient (Wildman–Crippen LogP) is 3.59. The summed E-state index contributed by atoms with van der Waals surface area (Å²) in [6, 6.07) is 9.60. The first-order valence-corrected chi connectivity index (χ1v) is 9.19. The molecule has 0 saturated heterocycles. The molecule has 3 aromatic rings. The number of hydrogen-bond acceptors (Lipinski definition) is 12. The largest absolute Gasteiger partial charge is 0.370 e. The topological polar surface area (TPSA) is 133 Å². The third-order valence-electron chi connectivity index (χ3n) is 3.48. The molecule has 1 aromatic heterocycles. The summed E-state index contributed by atoms with van der Waals surface area (Å²) < 4.78 is 17.2. The van der Waals surface area contributed by atoms with Gasteiger partial charge in [-0.25, -0.2) is 10.1 Å². The van der Waals surface area contributed by atoms with Crippen LogP contribution >= 0.6 is 23.8 Å². The van der Waals surface area contributed by atoms with Crippen LogP contribution in [-0.2, 0) is 18.9 Å². The molecule has 12 heteroatoms. The smallest absolute Gasteiger partial charge is 0.354 e. The van der Waals surface area contributed by atoms with Crippen LogP contribution in [0, 0.1) is 12.5 Å². The number of ether oxygens (including phenoxy) is 1. The van der Waals surface area contributed by atoms with Crippen molar-refractivity contribution in [2.24, 2.45) is 10.2 Å². The number of terminal acetylenes is 1. The van der Waals surface area contributed by atoms with E-state index in [0.717, 1.165) is 11.7 Å². The van der Waals surface area contributed by atoms with Gasteiger partial charge >= 0.3 is 5.97 Å². The fraction of sp³-hybridized carbons (Fsp3) is 0.0588. The van der Waals surface area contributed by atoms with Crippen LogP contribution in [0.3, 0.4) is 0 Å². The van der Waals surface area contributed by atoms with Crippen molar-refractivity contribution in [3.8, 4) is 12.5 Å². The summed E-state index contributed by atoms with van der Waals surface area (Å²) in [4.78, 5) is 25.3. The van der Waals surface area contributed by atoms with Gasteiger partial charge in [0.1, 0.15) is 22.8 Å². The van der Waals surface area contributed by atoms with Crippen molar-refractivity contribution in [2.45, 2.75) is 10.9 Å². The molecule has 1 unspecified atom stereocenters. The van der Waals surface area contributed by atoms with Crippen LogP contribution in [0.2, 0.25) is 0 Å². The van der Waals surface area contributed by atoms with Crippen molar-refractivity contribution in [1.29, 1.82) is 0 Å². The number of carbonyl (C=O) groups excluding carboxylic acids is 2. The van der Waals surface area contributed by atoms with E-state index in [4.69, 9.17) is 11.7 Å². The van der Waals surface area contributed by atoms with Gasteiger partial charge in [-0.05, 0) is 12.1 Å². The van der Waals surface area contributed by atoms with E-state index in [1.165, 1.54) is 12.1 Å². The lowest BCUT2D eigenvalue weighted by atomic mass is 10.1. The zero-order valence-corrected chi connectivity index (χ0v) is 15.9. The average Bonchev–Trinajstić information content (AvgIpc) is 3.22. The number of nitrogens with zero attached hydrogens (tertiary/aromatic N) is 4. The van der Waals surface area contributed by atoms with Gasteiger partial charge in [-0.2, -0.15) is 19.0 Å². The highest BCUT2D eigenvalue weighted by Gasteiger charge is 2.29. The number of esters is 1. The van der Waals surface area contributed by atoms with Crippen LogP contribution in [0.15, 0.2) is 57.6 Å². The van der Waals surface area contributed by atoms with E-state index in [9.17, 15) is 9.59 Å². The minimum Gasteiger partial charge on any atom is -0.370 e. The highest BCUT2D eigenvalue weighted by Crippen LogP contribution is 2.36. The summed E-state index contributed by atoms with van der Waals surface area (Å²) in [7, 11) is 0. The summed E-state index contributed by atoms with van der Waals surface area (Å²) in [5.74, 6) is -1.71. The number of carbonyl (C=O) groups is 2. The summed E-state index contributed by atoms with van der Waals surface area (Å²) in [5, 5.41) is 19.9. The van der Waals surface area contributed by atoms with Gasteiger partial charge in [0.05, 0.1) is 28.7 Å². The van der Waals surface area contributed by atoms with Gasteiger partial charge in [-0.15, -0.1) is 4.33 Å². The molecule has 29 heavy (non-hydrogen) atoms. The second-order valence-corrected chi connectivity index (χ2v) is 6.43. The molecule has 0 radical (unpaired) electrons. The summed E-state index contributed by atoms with van der Waals surface area (Å²) in [6.07, 6.45) is 6.73. The Kier molecular flexibility index (Phi) is 6.95. The van der Waals surface area contributed by atoms with Gasteiger partial charge in [-0.3, -0.25) is 4.79 Å². The Balaban J connectivity index is 2.01. The van der Waals surface area contributed by atoms with E-state index in [1.807, 2.05) is 0 Å². The maximum Gasteiger partial charge on any atom is 0.354 e. The molecule has 1 N–H and O–H groups in total. The molecule has 146 valence electrons. The quantitative estimate of drug-likeness (QED) is 0.0832. The predicted molar refractivity (Wildman–Crippen MR) is 102 cm³/mol. The molecule has 0 fully saturated rings. The summed E-state index contributed by atoms with van der Waals surface area (Å²) in [5.41, 5.74) is 1.24. The molecule has 0 aliphatic heterocycles. The lowest BCUT2D eigenvalue weighted by Gasteiger charge is -2.08. The fourth-order valence-electron chi connectivity index (χ4n) is 2.23. The highest BCUT2D eigenvalue weighted by atomic mass is 32.2. The monoisotopic (exact) mass is 430 g/mol. The van der Waals surface area contributed by atoms with Crippen LogP contribution in [0.4, 0.5) is 5.69 Å². The van der Waals surface area contributed by atoms with E-state index in [-0.39, 0.29) is 11.3 Å². The molecule has 0 amide bonds. The standard InChI is InChI=1S/C17H10N4O6S2/c1-2-25-17(23)15(16(22)10-6-4-3-5-7-10)19-18-14-12(28-27-26-24)9-8-11-13(14)21-29-20-11/h1,3-9,15,24H/b19-18+. The molecule has 0 bridgehead atoms. The van der Waals surface area contributed by atoms with Gasteiger partial charge in [0.2, 0.25) is 11.8 Å². The summed E-state index contributed by atoms with van der Waals surface area (Å²) >= 11 is 1.55. The van der Waals surface area contributed by atoms with Crippen LogP contribution in [0.1, 0.15) is 10.4 Å². The lowest BCUT2D eigenvalue weighted by Crippen LogP contribution is -2.29. The number of azo groups is 1. The Bertz CT molecular complexity index is 1100. The third-order valence-corrected chi connectivity index (χ3v) is 4.66. The second-order valence-electron chi connectivity index (χ2n) is 5.16. The van der Waals surface area contributed by atoms with Crippen molar-refractivity contribution in [3.05, 3.63) is 48.0 Å². The number of hydrogen-bond donors (Lipinski definition) is 1. The molecule has 0 saturated carbocycles. The number of Topliss-reactive ketones (excluding diaryl/α,β-unsaturated/α-hetero) is 1. The van der Waals surface area contributed by atoms with Gasteiger partial charge in [-0.1, -0.05) is 41.8 Å². The maximum atomic E-state index is 12.7. The third kappa shape index (κ3) is 4.80. The van der Waals surface area contributed by atoms with Gasteiger partial charge in [0.15, 0.2) is 0 Å². The van der Waals surface area contributed by atoms with Crippen molar-refractivity contribution in [1.82, 2.24) is 8.75 Å². The maximum absolute atomic E-state index is 12.7. The molecule has 0 spiro atoms. The number of rotatable bonds is 8. The van der Waals surface area contributed by atoms with Gasteiger partial charge in [0, 0.05) is 5.56 Å². The van der Waals surface area contributed by atoms with Crippen molar-refractivity contribution in [2.75, 3.05) is 0 Å². The van der Waals surface area contributed by atoms with Gasteiger partial charge < -0.3 is 4.74 Å². The number of fused-ring (bicyclic) bond motifs is 1. The Labute approximate surface area is 171 Å². The number of aromatic nitrogens is 2. The van der Waals surface area contributed by atoms with E-state index >= 15 is 0 Å². The molecule has 2 aromatic carbocycles. The Morgan fingerprint density at radius 2 is 2.00 bits per heavy atom.